The van der Waals surface area contributed by atoms with Crippen LogP contribution >= 0.6 is 23.2 Å². The van der Waals surface area contributed by atoms with Crippen LogP contribution in [0, 0.1) is 0 Å². The van der Waals surface area contributed by atoms with E-state index in [0.717, 1.165) is 11.1 Å². The summed E-state index contributed by atoms with van der Waals surface area (Å²) in [5.41, 5.74) is 2.46. The lowest BCUT2D eigenvalue weighted by Crippen LogP contribution is -2.32. The molecule has 0 aliphatic carbocycles. The molecule has 0 radical (unpaired) electrons. The van der Waals surface area contributed by atoms with Gasteiger partial charge in [-0.1, -0.05) is 59.6 Å². The van der Waals surface area contributed by atoms with E-state index in [1.807, 2.05) is 31.2 Å². The number of halogens is 2. The first-order valence-corrected chi connectivity index (χ1v) is 9.21. The average Bonchev–Trinajstić information content (AvgIpc) is 2.62. The number of hydrogen-bond acceptors (Lipinski definition) is 2. The van der Waals surface area contributed by atoms with Crippen LogP contribution in [0.1, 0.15) is 28.9 Å². The van der Waals surface area contributed by atoms with Gasteiger partial charge in [0, 0.05) is 16.6 Å². The summed E-state index contributed by atoms with van der Waals surface area (Å²) in [6, 6.07) is 14.0. The molecule has 0 fully saturated rings. The van der Waals surface area contributed by atoms with Gasteiger partial charge in [0.25, 0.3) is 5.56 Å². The Hall–Kier alpha value is -2.56. The Morgan fingerprint density at radius 1 is 1.11 bits per heavy atom. The van der Waals surface area contributed by atoms with E-state index in [-0.39, 0.29) is 27.8 Å². The molecule has 6 heteroatoms. The molecule has 1 atom stereocenters. The van der Waals surface area contributed by atoms with Crippen LogP contribution in [0.25, 0.3) is 22.4 Å². The van der Waals surface area contributed by atoms with Crippen molar-refractivity contribution in [1.82, 2.24) is 4.57 Å². The van der Waals surface area contributed by atoms with Gasteiger partial charge in [0.1, 0.15) is 5.56 Å². The monoisotopic (exact) mass is 399 g/mol. The van der Waals surface area contributed by atoms with E-state index < -0.39 is 5.97 Å². The lowest BCUT2D eigenvalue weighted by molar-refractivity contribution is 0.0697. The normalized spacial score (nSPS) is 15.1. The van der Waals surface area contributed by atoms with Gasteiger partial charge >= 0.3 is 5.97 Å². The number of fused-ring (bicyclic) bond motifs is 3. The van der Waals surface area contributed by atoms with E-state index >= 15 is 0 Å². The maximum atomic E-state index is 13.4. The second kappa shape index (κ2) is 6.55. The molecule has 1 aliphatic heterocycles. The van der Waals surface area contributed by atoms with Crippen LogP contribution in [-0.4, -0.2) is 15.6 Å². The van der Waals surface area contributed by atoms with Crippen LogP contribution in [0.3, 0.4) is 0 Å². The Bertz CT molecular complexity index is 1130. The first-order valence-electron chi connectivity index (χ1n) is 8.45. The quantitative estimate of drug-likeness (QED) is 0.635. The number of benzene rings is 2. The first kappa shape index (κ1) is 17.8. The molecule has 2 aromatic carbocycles. The van der Waals surface area contributed by atoms with E-state index in [9.17, 15) is 14.7 Å². The summed E-state index contributed by atoms with van der Waals surface area (Å²) < 4.78 is 1.56. The number of aromatic carboxylic acids is 1. The van der Waals surface area contributed by atoms with Crippen molar-refractivity contribution in [3.05, 3.63) is 80.1 Å². The van der Waals surface area contributed by atoms with E-state index in [2.05, 4.69) is 0 Å². The topological polar surface area (TPSA) is 59.3 Å². The molecule has 0 saturated heterocycles. The lowest BCUT2D eigenvalue weighted by atomic mass is 9.89. The zero-order valence-corrected chi connectivity index (χ0v) is 15.9. The predicted molar refractivity (Wildman–Crippen MR) is 107 cm³/mol. The van der Waals surface area contributed by atoms with Crippen molar-refractivity contribution in [1.29, 1.82) is 0 Å². The van der Waals surface area contributed by atoms with Crippen molar-refractivity contribution >= 4 is 29.2 Å². The van der Waals surface area contributed by atoms with E-state index in [1.165, 1.54) is 0 Å². The van der Waals surface area contributed by atoms with Crippen LogP contribution < -0.4 is 5.56 Å². The highest BCUT2D eigenvalue weighted by Gasteiger charge is 2.32. The van der Waals surface area contributed by atoms with Gasteiger partial charge in [-0.25, -0.2) is 4.79 Å². The Morgan fingerprint density at radius 2 is 1.78 bits per heavy atom. The standard InChI is InChI=1S/C21H15Cl2NO3/c1-11-10-13-4-2-3-5-15(13)19-17(21(26)27)18(23)16(20(25)24(11)19)12-6-8-14(22)9-7-12/h2-9,11H,10H2,1H3,(H,26,27). The Labute approximate surface area is 165 Å². The van der Waals surface area contributed by atoms with Crippen molar-refractivity contribution in [2.45, 2.75) is 19.4 Å². The van der Waals surface area contributed by atoms with Gasteiger partial charge in [0.2, 0.25) is 0 Å². The molecule has 27 heavy (non-hydrogen) atoms. The largest absolute Gasteiger partial charge is 0.478 e. The molecule has 0 saturated carbocycles. The number of carboxylic acids is 1. The molecular weight excluding hydrogens is 385 g/mol. The number of rotatable bonds is 2. The third-order valence-corrected chi connectivity index (χ3v) is 5.55. The van der Waals surface area contributed by atoms with Gasteiger partial charge in [-0.2, -0.15) is 0 Å². The van der Waals surface area contributed by atoms with Crippen LogP contribution in [-0.2, 0) is 6.42 Å². The maximum absolute atomic E-state index is 13.4. The van der Waals surface area contributed by atoms with Gasteiger partial charge < -0.3 is 9.67 Å². The van der Waals surface area contributed by atoms with Crippen LogP contribution in [0.5, 0.6) is 0 Å². The fraction of sp³-hybridized carbons (Fsp3) is 0.143. The summed E-state index contributed by atoms with van der Waals surface area (Å²) >= 11 is 12.5. The minimum absolute atomic E-state index is 0.0509. The summed E-state index contributed by atoms with van der Waals surface area (Å²) in [4.78, 5) is 25.5. The van der Waals surface area contributed by atoms with E-state index in [1.54, 1.807) is 28.8 Å². The van der Waals surface area contributed by atoms with Gasteiger partial charge in [-0.3, -0.25) is 4.79 Å². The van der Waals surface area contributed by atoms with Crippen LogP contribution in [0.2, 0.25) is 10.0 Å². The number of pyridine rings is 1. The molecule has 1 aromatic heterocycles. The zero-order valence-electron chi connectivity index (χ0n) is 14.4. The van der Waals surface area contributed by atoms with Gasteiger partial charge in [0.05, 0.1) is 16.3 Å². The molecule has 0 amide bonds. The SMILES string of the molecule is CC1Cc2ccccc2-c2c(C(=O)O)c(Cl)c(-c3ccc(Cl)cc3)c(=O)n21. The fourth-order valence-electron chi connectivity index (χ4n) is 3.75. The molecule has 0 bridgehead atoms. The zero-order chi connectivity index (χ0) is 19.3. The van der Waals surface area contributed by atoms with Crippen molar-refractivity contribution in [2.75, 3.05) is 0 Å². The molecule has 136 valence electrons. The first-order chi connectivity index (χ1) is 12.9. The predicted octanol–water partition coefficient (Wildman–Crippen LogP) is 5.30. The Kier molecular flexibility index (Phi) is 4.33. The molecule has 4 rings (SSSR count). The molecular formula is C21H15Cl2NO3. The lowest BCUT2D eigenvalue weighted by Gasteiger charge is -2.30. The molecule has 3 aromatic rings. The van der Waals surface area contributed by atoms with Crippen molar-refractivity contribution in [2.24, 2.45) is 0 Å². The van der Waals surface area contributed by atoms with Crippen molar-refractivity contribution in [3.63, 3.8) is 0 Å². The van der Waals surface area contributed by atoms with Gasteiger partial charge in [-0.05, 0) is 36.6 Å². The summed E-state index contributed by atoms with van der Waals surface area (Å²) in [6.07, 6.45) is 0.643. The van der Waals surface area contributed by atoms with Gasteiger partial charge in [0.15, 0.2) is 0 Å². The number of hydrogen-bond donors (Lipinski definition) is 1. The van der Waals surface area contributed by atoms with Crippen LogP contribution in [0.4, 0.5) is 0 Å². The fourth-order valence-corrected chi connectivity index (χ4v) is 4.24. The second-order valence-electron chi connectivity index (χ2n) is 6.61. The summed E-state index contributed by atoms with van der Waals surface area (Å²) in [5.74, 6) is -1.16. The highest BCUT2D eigenvalue weighted by Crippen LogP contribution is 2.40. The minimum Gasteiger partial charge on any atom is -0.478 e. The number of aromatic nitrogens is 1. The molecule has 1 N–H and O–H groups in total. The van der Waals surface area contributed by atoms with Crippen LogP contribution in [0.15, 0.2) is 53.3 Å². The number of carboxylic acid groups (broad SMARTS) is 1. The highest BCUT2D eigenvalue weighted by molar-refractivity contribution is 6.37. The van der Waals surface area contributed by atoms with Crippen molar-refractivity contribution in [3.8, 4) is 22.4 Å². The Balaban J connectivity index is 2.15. The van der Waals surface area contributed by atoms with E-state index in [4.69, 9.17) is 23.2 Å². The number of nitrogens with zero attached hydrogens (tertiary/aromatic N) is 1. The summed E-state index contributed by atoms with van der Waals surface area (Å²) in [6.45, 7) is 1.91. The third kappa shape index (κ3) is 2.76. The highest BCUT2D eigenvalue weighted by atomic mass is 35.5. The maximum Gasteiger partial charge on any atom is 0.339 e. The van der Waals surface area contributed by atoms with E-state index in [0.29, 0.717) is 22.7 Å². The molecule has 4 nitrogen and oxygen atoms in total. The second-order valence-corrected chi connectivity index (χ2v) is 7.42. The molecule has 2 heterocycles. The smallest absolute Gasteiger partial charge is 0.339 e. The average molecular weight is 400 g/mol. The molecule has 1 unspecified atom stereocenters. The van der Waals surface area contributed by atoms with Crippen molar-refractivity contribution < 1.29 is 9.90 Å². The van der Waals surface area contributed by atoms with Gasteiger partial charge in [-0.15, -0.1) is 0 Å². The Morgan fingerprint density at radius 3 is 2.44 bits per heavy atom. The molecule has 0 spiro atoms. The third-order valence-electron chi connectivity index (χ3n) is 4.92. The summed E-state index contributed by atoms with van der Waals surface area (Å²) in [7, 11) is 0. The minimum atomic E-state index is -1.16. The summed E-state index contributed by atoms with van der Waals surface area (Å²) in [5, 5.41) is 10.4. The number of carbonyl (C=O) groups is 1. The molecule has 1 aliphatic rings.